The first-order chi connectivity index (χ1) is 31.6. The summed E-state index contributed by atoms with van der Waals surface area (Å²) in [5.74, 6) is -1.96. The number of benzene rings is 4. The summed E-state index contributed by atoms with van der Waals surface area (Å²) in [7, 11) is 2.67. The Balaban J connectivity index is 1.37. The molecule has 1 heterocycles. The van der Waals surface area contributed by atoms with Gasteiger partial charge in [0, 0.05) is 18.1 Å². The molecular weight excluding hydrogens is 902 g/mol. The van der Waals surface area contributed by atoms with Crippen molar-refractivity contribution in [1.29, 1.82) is 0 Å². The lowest BCUT2D eigenvalue weighted by molar-refractivity contribution is -0.145. The standard InChI is InChI=1S/C50H54ClN3O10S2/c1-7-63-43(55)30-54-46(57)44(66-50(54)65)32(4)39-9-8-10-41(28-39)64-49(60)52-42(25-31(2)3)45(56)53(29-35-15-21-40(51)22-16-35)24-23-36(26-33-11-17-37(18-12-33)47(58)61-5)27-34-13-19-38(20-14-34)48(59)62-6/h8-22,28,31,36,42H,7,23-27,29-30H2,1-6H3,(H,52,60)/b44-32-. The number of thiocarbonyl (C=S) groups is 1. The van der Waals surface area contributed by atoms with Crippen LogP contribution in [0.2, 0.25) is 5.02 Å². The number of hydrogen-bond acceptors (Lipinski definition) is 12. The maximum Gasteiger partial charge on any atom is 0.413 e. The number of allylic oxidation sites excluding steroid dienone is 1. The summed E-state index contributed by atoms with van der Waals surface area (Å²) in [4.78, 5) is 81.5. The monoisotopic (exact) mass is 955 g/mol. The lowest BCUT2D eigenvalue weighted by Crippen LogP contribution is -2.50. The van der Waals surface area contributed by atoms with Crippen LogP contribution >= 0.6 is 35.6 Å². The van der Waals surface area contributed by atoms with E-state index in [0.717, 1.165) is 28.5 Å². The van der Waals surface area contributed by atoms with E-state index in [0.29, 0.717) is 64.4 Å². The van der Waals surface area contributed by atoms with Crippen molar-refractivity contribution in [2.24, 2.45) is 11.8 Å². The second-order valence-electron chi connectivity index (χ2n) is 16.1. The molecule has 1 aliphatic heterocycles. The minimum Gasteiger partial charge on any atom is -0.465 e. The number of hydrogen-bond donors (Lipinski definition) is 1. The Morgan fingerprint density at radius 2 is 1.39 bits per heavy atom. The molecular formula is C50H54ClN3O10S2. The van der Waals surface area contributed by atoms with E-state index in [4.69, 9.17) is 42.8 Å². The molecule has 0 saturated carbocycles. The van der Waals surface area contributed by atoms with Gasteiger partial charge < -0.3 is 29.2 Å². The van der Waals surface area contributed by atoms with E-state index in [1.165, 1.54) is 19.1 Å². The fourth-order valence-electron chi connectivity index (χ4n) is 7.36. The van der Waals surface area contributed by atoms with E-state index in [-0.39, 0.29) is 47.5 Å². The molecule has 0 bridgehead atoms. The highest BCUT2D eigenvalue weighted by atomic mass is 35.5. The van der Waals surface area contributed by atoms with Gasteiger partial charge in [-0.15, -0.1) is 0 Å². The zero-order chi connectivity index (χ0) is 47.9. The van der Waals surface area contributed by atoms with E-state index in [2.05, 4.69) is 5.32 Å². The normalized spacial score (nSPS) is 13.6. The van der Waals surface area contributed by atoms with Crippen LogP contribution in [0.1, 0.15) is 83.5 Å². The minimum absolute atomic E-state index is 0.000196. The van der Waals surface area contributed by atoms with E-state index >= 15 is 0 Å². The maximum absolute atomic E-state index is 14.8. The Morgan fingerprint density at radius 3 is 1.94 bits per heavy atom. The first kappa shape index (κ1) is 51.0. The van der Waals surface area contributed by atoms with Gasteiger partial charge in [0.2, 0.25) is 5.91 Å². The lowest BCUT2D eigenvalue weighted by Gasteiger charge is -2.30. The van der Waals surface area contributed by atoms with Crippen molar-refractivity contribution < 1.29 is 47.7 Å². The van der Waals surface area contributed by atoms with Gasteiger partial charge >= 0.3 is 24.0 Å². The molecule has 3 amide bonds. The number of methoxy groups -OCH3 is 2. The number of thioether (sulfide) groups is 1. The van der Waals surface area contributed by atoms with Crippen molar-refractivity contribution >= 4 is 81.3 Å². The molecule has 348 valence electrons. The second-order valence-corrected chi connectivity index (χ2v) is 18.2. The van der Waals surface area contributed by atoms with Crippen LogP contribution in [0.25, 0.3) is 5.57 Å². The first-order valence-corrected chi connectivity index (χ1v) is 23.1. The van der Waals surface area contributed by atoms with Crippen LogP contribution in [0.5, 0.6) is 5.75 Å². The molecule has 13 nitrogen and oxygen atoms in total. The molecule has 5 rings (SSSR count). The Hall–Kier alpha value is -6.03. The maximum atomic E-state index is 14.8. The molecule has 1 aliphatic rings. The molecule has 0 aliphatic carbocycles. The molecule has 0 radical (unpaired) electrons. The topological polar surface area (TPSA) is 158 Å². The third-order valence-corrected chi connectivity index (χ3v) is 12.6. The van der Waals surface area contributed by atoms with E-state index in [1.807, 2.05) is 50.2 Å². The predicted octanol–water partition coefficient (Wildman–Crippen LogP) is 9.09. The van der Waals surface area contributed by atoms with Gasteiger partial charge in [0.1, 0.15) is 22.7 Å². The van der Waals surface area contributed by atoms with Gasteiger partial charge in [0.25, 0.3) is 5.91 Å². The number of nitrogens with zero attached hydrogens (tertiary/aromatic N) is 2. The highest BCUT2D eigenvalue weighted by Gasteiger charge is 2.35. The Morgan fingerprint density at radius 1 is 0.818 bits per heavy atom. The van der Waals surface area contributed by atoms with E-state index in [9.17, 15) is 28.8 Å². The van der Waals surface area contributed by atoms with Crippen molar-refractivity contribution in [3.63, 3.8) is 0 Å². The third-order valence-electron chi connectivity index (χ3n) is 10.8. The molecule has 0 aromatic heterocycles. The molecule has 1 saturated heterocycles. The van der Waals surface area contributed by atoms with Crippen LogP contribution in [0.15, 0.2) is 102 Å². The highest BCUT2D eigenvalue weighted by molar-refractivity contribution is 8.26. The van der Waals surface area contributed by atoms with Gasteiger partial charge in [-0.25, -0.2) is 14.4 Å². The third kappa shape index (κ3) is 14.5. The van der Waals surface area contributed by atoms with Crippen LogP contribution in [0.3, 0.4) is 0 Å². The van der Waals surface area contributed by atoms with Crippen molar-refractivity contribution in [2.45, 2.75) is 66.0 Å². The molecule has 1 fully saturated rings. The average Bonchev–Trinajstić information content (AvgIpc) is 3.58. The molecule has 1 unspecified atom stereocenters. The second kappa shape index (κ2) is 24.5. The van der Waals surface area contributed by atoms with Crippen molar-refractivity contribution in [3.8, 4) is 5.75 Å². The Bertz CT molecular complexity index is 2360. The van der Waals surface area contributed by atoms with Crippen molar-refractivity contribution in [3.05, 3.63) is 140 Å². The van der Waals surface area contributed by atoms with Gasteiger partial charge in [-0.3, -0.25) is 19.3 Å². The fourth-order valence-corrected chi connectivity index (χ4v) is 8.79. The van der Waals surface area contributed by atoms with Gasteiger partial charge in [0.15, 0.2) is 0 Å². The molecule has 4 aromatic carbocycles. The number of carbonyl (C=O) groups is 6. The van der Waals surface area contributed by atoms with Crippen LogP contribution in [0.4, 0.5) is 4.79 Å². The van der Waals surface area contributed by atoms with Gasteiger partial charge in [-0.1, -0.05) is 98.0 Å². The summed E-state index contributed by atoms with van der Waals surface area (Å²) in [6.07, 6.45) is 1.27. The summed E-state index contributed by atoms with van der Waals surface area (Å²) in [6, 6.07) is 27.4. The summed E-state index contributed by atoms with van der Waals surface area (Å²) in [5.41, 5.74) is 4.85. The van der Waals surface area contributed by atoms with E-state index in [1.54, 1.807) is 79.4 Å². The van der Waals surface area contributed by atoms with Crippen molar-refractivity contribution in [2.75, 3.05) is 33.9 Å². The van der Waals surface area contributed by atoms with Crippen LogP contribution < -0.4 is 10.1 Å². The molecule has 1 atom stereocenters. The fraction of sp³-hybridized carbons (Fsp3) is 0.340. The number of carbonyl (C=O) groups excluding carboxylic acids is 6. The average molecular weight is 957 g/mol. The largest absolute Gasteiger partial charge is 0.465 e. The molecule has 0 spiro atoms. The van der Waals surface area contributed by atoms with Gasteiger partial charge in [-0.05, 0) is 128 Å². The zero-order valence-corrected chi connectivity index (χ0v) is 40.2. The lowest BCUT2D eigenvalue weighted by atomic mass is 9.89. The van der Waals surface area contributed by atoms with Crippen LogP contribution in [-0.4, -0.2) is 89.9 Å². The Labute approximate surface area is 400 Å². The highest BCUT2D eigenvalue weighted by Crippen LogP contribution is 2.37. The van der Waals surface area contributed by atoms with Crippen molar-refractivity contribution in [1.82, 2.24) is 15.1 Å². The number of amides is 3. The predicted molar refractivity (Wildman–Crippen MR) is 258 cm³/mol. The summed E-state index contributed by atoms with van der Waals surface area (Å²) >= 11 is 12.7. The Kier molecular flexibility index (Phi) is 18.9. The summed E-state index contributed by atoms with van der Waals surface area (Å²) < 4.78 is 20.8. The van der Waals surface area contributed by atoms with E-state index < -0.39 is 36.0 Å². The summed E-state index contributed by atoms with van der Waals surface area (Å²) in [5, 5.41) is 3.40. The molecule has 1 N–H and O–H groups in total. The van der Waals surface area contributed by atoms with Gasteiger partial charge in [0.05, 0.1) is 36.9 Å². The minimum atomic E-state index is -0.953. The SMILES string of the molecule is CCOC(=O)CN1C(=O)/C(=C(\C)c2cccc(OC(=O)NC(CC(C)C)C(=O)N(CCC(Cc3ccc(C(=O)OC)cc3)Cc3ccc(C(=O)OC)cc3)Cc3ccc(Cl)cc3)c2)SC1=S. The summed E-state index contributed by atoms with van der Waals surface area (Å²) in [6.45, 7) is 7.79. The zero-order valence-electron chi connectivity index (χ0n) is 37.8. The van der Waals surface area contributed by atoms with Crippen LogP contribution in [0, 0.1) is 11.8 Å². The number of rotatable bonds is 20. The molecule has 16 heteroatoms. The molecule has 4 aromatic rings. The number of halogens is 1. The smallest absolute Gasteiger partial charge is 0.413 e. The number of ether oxygens (including phenoxy) is 4. The number of nitrogens with one attached hydrogen (secondary N) is 1. The molecule has 66 heavy (non-hydrogen) atoms. The quantitative estimate of drug-likeness (QED) is 0.0389. The first-order valence-electron chi connectivity index (χ1n) is 21.5. The van der Waals surface area contributed by atoms with Gasteiger partial charge in [-0.2, -0.15) is 0 Å². The number of esters is 3. The van der Waals surface area contributed by atoms with Crippen LogP contribution in [-0.2, 0) is 48.0 Å².